The second-order valence-electron chi connectivity index (χ2n) is 6.62. The van der Waals surface area contributed by atoms with Gasteiger partial charge in [0.05, 0.1) is 30.2 Å². The molecule has 6 heteroatoms. The molecule has 1 unspecified atom stereocenters. The van der Waals surface area contributed by atoms with Crippen LogP contribution in [0.4, 0.5) is 5.69 Å². The van der Waals surface area contributed by atoms with Gasteiger partial charge in [0.25, 0.3) is 11.8 Å². The van der Waals surface area contributed by atoms with Crippen LogP contribution in [-0.2, 0) is 6.54 Å². The van der Waals surface area contributed by atoms with Crippen molar-refractivity contribution in [1.82, 2.24) is 5.32 Å². The molecule has 2 amide bonds. The van der Waals surface area contributed by atoms with Crippen molar-refractivity contribution in [2.75, 3.05) is 5.32 Å². The van der Waals surface area contributed by atoms with E-state index in [-0.39, 0.29) is 24.5 Å². The Morgan fingerprint density at radius 3 is 2.45 bits per heavy atom. The maximum Gasteiger partial charge on any atom is 0.255 e. The Hall–Kier alpha value is -3.54. The van der Waals surface area contributed by atoms with Gasteiger partial charge >= 0.3 is 0 Å². The average Bonchev–Trinajstić information content (AvgIpc) is 3.26. The molecule has 0 radical (unpaired) electrons. The Kier molecular flexibility index (Phi) is 6.68. The van der Waals surface area contributed by atoms with Crippen LogP contribution in [0.5, 0.6) is 5.75 Å². The average molecular weight is 392 g/mol. The van der Waals surface area contributed by atoms with E-state index in [0.29, 0.717) is 28.3 Å². The summed E-state index contributed by atoms with van der Waals surface area (Å²) in [6.45, 7) is 4.31. The minimum atomic E-state index is -0.300. The maximum atomic E-state index is 12.6. The highest BCUT2D eigenvalue weighted by Gasteiger charge is 2.14. The number of nitrogens with one attached hydrogen (secondary N) is 2. The number of carbonyl (C=O) groups excluding carboxylic acids is 2. The van der Waals surface area contributed by atoms with Crippen molar-refractivity contribution >= 4 is 17.5 Å². The van der Waals surface area contributed by atoms with Crippen LogP contribution in [0.25, 0.3) is 0 Å². The second kappa shape index (κ2) is 9.59. The van der Waals surface area contributed by atoms with Gasteiger partial charge in [-0.3, -0.25) is 9.59 Å². The first-order valence-corrected chi connectivity index (χ1v) is 9.54. The highest BCUT2D eigenvalue weighted by atomic mass is 16.5. The van der Waals surface area contributed by atoms with Crippen LogP contribution in [0.1, 0.15) is 46.7 Å². The van der Waals surface area contributed by atoms with Crippen LogP contribution in [0.15, 0.2) is 71.3 Å². The number of rotatable bonds is 8. The van der Waals surface area contributed by atoms with E-state index in [0.717, 1.165) is 6.42 Å². The summed E-state index contributed by atoms with van der Waals surface area (Å²) in [4.78, 5) is 25.2. The van der Waals surface area contributed by atoms with Crippen LogP contribution < -0.4 is 15.4 Å². The molecule has 1 aromatic heterocycles. The third-order valence-electron chi connectivity index (χ3n) is 4.45. The van der Waals surface area contributed by atoms with E-state index >= 15 is 0 Å². The van der Waals surface area contributed by atoms with Gasteiger partial charge in [0.2, 0.25) is 0 Å². The molecule has 6 nitrogen and oxygen atoms in total. The zero-order valence-electron chi connectivity index (χ0n) is 16.5. The van der Waals surface area contributed by atoms with Gasteiger partial charge in [0, 0.05) is 5.56 Å². The van der Waals surface area contributed by atoms with Gasteiger partial charge < -0.3 is 19.8 Å². The minimum absolute atomic E-state index is 0.112. The molecule has 0 saturated heterocycles. The minimum Gasteiger partial charge on any atom is -0.491 e. The van der Waals surface area contributed by atoms with Gasteiger partial charge in [-0.05, 0) is 61.9 Å². The fourth-order valence-corrected chi connectivity index (χ4v) is 2.66. The highest BCUT2D eigenvalue weighted by molar-refractivity contribution is 6.09. The Morgan fingerprint density at radius 1 is 1.00 bits per heavy atom. The maximum absolute atomic E-state index is 12.6. The van der Waals surface area contributed by atoms with Gasteiger partial charge in [-0.25, -0.2) is 0 Å². The molecule has 0 spiro atoms. The quantitative estimate of drug-likeness (QED) is 0.585. The normalized spacial score (nSPS) is 11.5. The number of hydrogen-bond acceptors (Lipinski definition) is 4. The molecule has 0 bridgehead atoms. The van der Waals surface area contributed by atoms with E-state index in [1.165, 1.54) is 0 Å². The SMILES string of the molecule is CCC(C)Oc1ccc(C(=O)Nc2ccccc2C(=O)NCc2ccco2)cc1. The van der Waals surface area contributed by atoms with E-state index in [9.17, 15) is 9.59 Å². The monoisotopic (exact) mass is 392 g/mol. The lowest BCUT2D eigenvalue weighted by Gasteiger charge is -2.13. The van der Waals surface area contributed by atoms with E-state index in [4.69, 9.17) is 9.15 Å². The Balaban J connectivity index is 1.66. The van der Waals surface area contributed by atoms with Crippen LogP contribution in [0.2, 0.25) is 0 Å². The van der Waals surface area contributed by atoms with Crippen molar-refractivity contribution in [3.05, 3.63) is 83.8 Å². The van der Waals surface area contributed by atoms with E-state index in [1.807, 2.05) is 6.92 Å². The molecule has 2 aromatic carbocycles. The first-order chi connectivity index (χ1) is 14.1. The van der Waals surface area contributed by atoms with E-state index in [1.54, 1.807) is 66.9 Å². The topological polar surface area (TPSA) is 80.6 Å². The largest absolute Gasteiger partial charge is 0.491 e. The Morgan fingerprint density at radius 2 is 1.76 bits per heavy atom. The lowest BCUT2D eigenvalue weighted by atomic mass is 10.1. The van der Waals surface area contributed by atoms with Crippen molar-refractivity contribution in [2.45, 2.75) is 32.9 Å². The predicted molar refractivity (Wildman–Crippen MR) is 111 cm³/mol. The molecule has 0 aliphatic heterocycles. The molecule has 29 heavy (non-hydrogen) atoms. The summed E-state index contributed by atoms with van der Waals surface area (Å²) in [6, 6.07) is 17.3. The number of ether oxygens (including phenoxy) is 1. The molecule has 3 rings (SSSR count). The number of benzene rings is 2. The molecule has 1 heterocycles. The van der Waals surface area contributed by atoms with E-state index in [2.05, 4.69) is 17.6 Å². The second-order valence-corrected chi connectivity index (χ2v) is 6.62. The molecule has 0 aliphatic carbocycles. The summed E-state index contributed by atoms with van der Waals surface area (Å²) in [5, 5.41) is 5.59. The molecular formula is C23H24N2O4. The molecule has 1 atom stereocenters. The standard InChI is InChI=1S/C23H24N2O4/c1-3-16(2)29-18-12-10-17(11-13-18)22(26)25-21-9-5-4-8-20(21)23(27)24-15-19-7-6-14-28-19/h4-14,16H,3,15H2,1-2H3,(H,24,27)(H,25,26). The summed E-state index contributed by atoms with van der Waals surface area (Å²) in [5.74, 6) is 0.772. The van der Waals surface area contributed by atoms with Crippen LogP contribution in [-0.4, -0.2) is 17.9 Å². The fourth-order valence-electron chi connectivity index (χ4n) is 2.66. The van der Waals surface area contributed by atoms with Gasteiger partial charge in [0.1, 0.15) is 11.5 Å². The summed E-state index contributed by atoms with van der Waals surface area (Å²) in [5.41, 5.74) is 1.30. The third kappa shape index (κ3) is 5.48. The summed E-state index contributed by atoms with van der Waals surface area (Å²) >= 11 is 0. The molecule has 3 aromatic rings. The third-order valence-corrected chi connectivity index (χ3v) is 4.45. The summed E-state index contributed by atoms with van der Waals surface area (Å²) in [7, 11) is 0. The predicted octanol–water partition coefficient (Wildman–Crippen LogP) is 4.64. The zero-order valence-corrected chi connectivity index (χ0v) is 16.5. The number of anilines is 1. The fraction of sp³-hybridized carbons (Fsp3) is 0.217. The molecule has 0 fully saturated rings. The lowest BCUT2D eigenvalue weighted by Crippen LogP contribution is -2.24. The highest BCUT2D eigenvalue weighted by Crippen LogP contribution is 2.19. The number of furan rings is 1. The zero-order chi connectivity index (χ0) is 20.6. The lowest BCUT2D eigenvalue weighted by molar-refractivity contribution is 0.0949. The van der Waals surface area contributed by atoms with Crippen molar-refractivity contribution in [1.29, 1.82) is 0 Å². The number of amides is 2. The molecular weight excluding hydrogens is 368 g/mol. The van der Waals surface area contributed by atoms with Crippen molar-refractivity contribution in [3.8, 4) is 5.75 Å². The number of hydrogen-bond donors (Lipinski definition) is 2. The van der Waals surface area contributed by atoms with Gasteiger partial charge in [-0.15, -0.1) is 0 Å². The Labute approximate surface area is 169 Å². The van der Waals surface area contributed by atoms with Gasteiger partial charge in [-0.1, -0.05) is 19.1 Å². The number of carbonyl (C=O) groups is 2. The Bertz CT molecular complexity index is 949. The van der Waals surface area contributed by atoms with E-state index < -0.39 is 0 Å². The van der Waals surface area contributed by atoms with Crippen LogP contribution in [0, 0.1) is 0 Å². The van der Waals surface area contributed by atoms with Crippen LogP contribution in [0.3, 0.4) is 0 Å². The van der Waals surface area contributed by atoms with Crippen LogP contribution >= 0.6 is 0 Å². The van der Waals surface area contributed by atoms with Crippen molar-refractivity contribution in [3.63, 3.8) is 0 Å². The summed E-state index contributed by atoms with van der Waals surface area (Å²) in [6.07, 6.45) is 2.57. The first-order valence-electron chi connectivity index (χ1n) is 9.54. The van der Waals surface area contributed by atoms with Crippen molar-refractivity contribution in [2.24, 2.45) is 0 Å². The molecule has 150 valence electrons. The molecule has 2 N–H and O–H groups in total. The molecule has 0 saturated carbocycles. The van der Waals surface area contributed by atoms with Gasteiger partial charge in [-0.2, -0.15) is 0 Å². The number of para-hydroxylation sites is 1. The molecule has 0 aliphatic rings. The first kappa shape index (κ1) is 20.2. The smallest absolute Gasteiger partial charge is 0.255 e. The van der Waals surface area contributed by atoms with Crippen molar-refractivity contribution < 1.29 is 18.7 Å². The summed E-state index contributed by atoms with van der Waals surface area (Å²) < 4.78 is 11.0. The van der Waals surface area contributed by atoms with Gasteiger partial charge in [0.15, 0.2) is 0 Å².